The number of hydrogen-bond acceptors (Lipinski definition) is 2. The highest BCUT2D eigenvalue weighted by Crippen LogP contribution is 2.24. The lowest BCUT2D eigenvalue weighted by atomic mass is 9.86. The van der Waals surface area contributed by atoms with Gasteiger partial charge in [-0.25, -0.2) is 4.39 Å². The zero-order valence-electron chi connectivity index (χ0n) is 8.67. The van der Waals surface area contributed by atoms with Crippen LogP contribution in [0, 0.1) is 5.82 Å². The minimum absolute atomic E-state index is 0.218. The van der Waals surface area contributed by atoms with Gasteiger partial charge in [-0.3, -0.25) is 0 Å². The molecule has 1 aliphatic heterocycles. The lowest BCUT2D eigenvalue weighted by molar-refractivity contribution is 0.0101. The smallest absolute Gasteiger partial charge is 0.126 e. The third kappa shape index (κ3) is 2.55. The molecule has 0 radical (unpaired) electrons. The Hall–Kier alpha value is -0.930. The summed E-state index contributed by atoms with van der Waals surface area (Å²) in [6.07, 6.45) is 1.81. The van der Waals surface area contributed by atoms with Crippen LogP contribution in [0.15, 0.2) is 24.3 Å². The van der Waals surface area contributed by atoms with Crippen LogP contribution in [-0.4, -0.2) is 23.8 Å². The fourth-order valence-electron chi connectivity index (χ4n) is 2.07. The highest BCUT2D eigenvalue weighted by molar-refractivity contribution is 5.19. The molecule has 0 aliphatic carbocycles. The van der Waals surface area contributed by atoms with Crippen molar-refractivity contribution in [2.45, 2.75) is 24.9 Å². The molecular formula is C12H16FNO. The topological polar surface area (TPSA) is 32.3 Å². The van der Waals surface area contributed by atoms with E-state index < -0.39 is 5.60 Å². The molecule has 0 atom stereocenters. The van der Waals surface area contributed by atoms with E-state index in [9.17, 15) is 9.50 Å². The molecule has 0 saturated carbocycles. The number of piperidine rings is 1. The van der Waals surface area contributed by atoms with Gasteiger partial charge in [0.05, 0.1) is 5.60 Å². The van der Waals surface area contributed by atoms with E-state index in [0.29, 0.717) is 24.8 Å². The van der Waals surface area contributed by atoms with Crippen LogP contribution in [0.4, 0.5) is 4.39 Å². The Bertz CT molecular complexity index is 334. The second-order valence-corrected chi connectivity index (χ2v) is 4.24. The normalized spacial score (nSPS) is 20.1. The van der Waals surface area contributed by atoms with Crippen LogP contribution in [0.3, 0.4) is 0 Å². The van der Waals surface area contributed by atoms with Crippen LogP contribution in [0.25, 0.3) is 0 Å². The Kier molecular flexibility index (Phi) is 3.03. The molecule has 1 fully saturated rings. The van der Waals surface area contributed by atoms with Crippen molar-refractivity contribution < 1.29 is 9.50 Å². The first-order chi connectivity index (χ1) is 7.20. The van der Waals surface area contributed by atoms with Crippen molar-refractivity contribution in [2.24, 2.45) is 0 Å². The minimum Gasteiger partial charge on any atom is -0.389 e. The summed E-state index contributed by atoms with van der Waals surface area (Å²) < 4.78 is 13.4. The average molecular weight is 209 g/mol. The second kappa shape index (κ2) is 4.29. The summed E-state index contributed by atoms with van der Waals surface area (Å²) in [7, 11) is 0. The molecular weight excluding hydrogens is 193 g/mol. The fourth-order valence-corrected chi connectivity index (χ4v) is 2.07. The number of rotatable bonds is 2. The molecule has 1 heterocycles. The largest absolute Gasteiger partial charge is 0.389 e. The van der Waals surface area contributed by atoms with Gasteiger partial charge in [0.25, 0.3) is 0 Å². The quantitative estimate of drug-likeness (QED) is 0.773. The van der Waals surface area contributed by atoms with Gasteiger partial charge in [-0.2, -0.15) is 0 Å². The van der Waals surface area contributed by atoms with Gasteiger partial charge in [-0.15, -0.1) is 0 Å². The third-order valence-corrected chi connectivity index (χ3v) is 3.01. The predicted octanol–water partition coefficient (Wildman–Crippen LogP) is 1.48. The highest BCUT2D eigenvalue weighted by Gasteiger charge is 2.29. The minimum atomic E-state index is -0.729. The van der Waals surface area contributed by atoms with Crippen LogP contribution >= 0.6 is 0 Å². The number of nitrogens with one attached hydrogen (secondary N) is 1. The van der Waals surface area contributed by atoms with E-state index in [1.54, 1.807) is 12.1 Å². The molecule has 15 heavy (non-hydrogen) atoms. The monoisotopic (exact) mass is 209 g/mol. The van der Waals surface area contributed by atoms with Gasteiger partial charge < -0.3 is 10.4 Å². The summed E-state index contributed by atoms with van der Waals surface area (Å²) in [4.78, 5) is 0. The van der Waals surface area contributed by atoms with Gasteiger partial charge in [0.2, 0.25) is 0 Å². The Morgan fingerprint density at radius 2 is 1.93 bits per heavy atom. The van der Waals surface area contributed by atoms with Crippen LogP contribution in [0.1, 0.15) is 18.4 Å². The van der Waals surface area contributed by atoms with E-state index in [2.05, 4.69) is 5.32 Å². The number of hydrogen-bond donors (Lipinski definition) is 2. The van der Waals surface area contributed by atoms with Crippen molar-refractivity contribution in [3.8, 4) is 0 Å². The van der Waals surface area contributed by atoms with Crippen molar-refractivity contribution in [2.75, 3.05) is 13.1 Å². The number of benzene rings is 1. The molecule has 2 N–H and O–H groups in total. The fraction of sp³-hybridized carbons (Fsp3) is 0.500. The molecule has 1 aromatic rings. The van der Waals surface area contributed by atoms with Crippen molar-refractivity contribution >= 4 is 0 Å². The van der Waals surface area contributed by atoms with Crippen LogP contribution < -0.4 is 5.32 Å². The van der Waals surface area contributed by atoms with Gasteiger partial charge in [0, 0.05) is 6.42 Å². The van der Waals surface area contributed by atoms with Crippen molar-refractivity contribution in [1.29, 1.82) is 0 Å². The van der Waals surface area contributed by atoms with E-state index in [4.69, 9.17) is 0 Å². The molecule has 82 valence electrons. The summed E-state index contributed by atoms with van der Waals surface area (Å²) in [6.45, 7) is 1.62. The lowest BCUT2D eigenvalue weighted by Gasteiger charge is -2.32. The molecule has 3 heteroatoms. The Labute approximate surface area is 89.1 Å². The van der Waals surface area contributed by atoms with E-state index in [-0.39, 0.29) is 5.82 Å². The molecule has 1 aliphatic rings. The molecule has 0 unspecified atom stereocenters. The number of aliphatic hydroxyl groups is 1. The summed E-state index contributed by atoms with van der Waals surface area (Å²) in [6, 6.07) is 6.67. The first-order valence-electron chi connectivity index (χ1n) is 5.36. The van der Waals surface area contributed by atoms with E-state index in [1.807, 2.05) is 6.07 Å². The van der Waals surface area contributed by atoms with Crippen molar-refractivity contribution in [1.82, 2.24) is 5.32 Å². The third-order valence-electron chi connectivity index (χ3n) is 3.01. The molecule has 1 aromatic carbocycles. The SMILES string of the molecule is OC1(Cc2ccccc2F)CCNCC1. The van der Waals surface area contributed by atoms with Gasteiger partial charge in [0.15, 0.2) is 0 Å². The van der Waals surface area contributed by atoms with E-state index >= 15 is 0 Å². The maximum absolute atomic E-state index is 13.4. The maximum Gasteiger partial charge on any atom is 0.126 e. The van der Waals surface area contributed by atoms with Gasteiger partial charge >= 0.3 is 0 Å². The Morgan fingerprint density at radius 3 is 2.60 bits per heavy atom. The van der Waals surface area contributed by atoms with Crippen LogP contribution in [0.2, 0.25) is 0 Å². The zero-order valence-corrected chi connectivity index (χ0v) is 8.67. The molecule has 0 aromatic heterocycles. The second-order valence-electron chi connectivity index (χ2n) is 4.24. The molecule has 0 spiro atoms. The molecule has 2 nitrogen and oxygen atoms in total. The van der Waals surface area contributed by atoms with Crippen molar-refractivity contribution in [3.05, 3.63) is 35.6 Å². The van der Waals surface area contributed by atoms with E-state index in [1.165, 1.54) is 6.07 Å². The zero-order chi connectivity index (χ0) is 10.7. The summed E-state index contributed by atoms with van der Waals surface area (Å²) in [5, 5.41) is 13.4. The van der Waals surface area contributed by atoms with Gasteiger partial charge in [-0.1, -0.05) is 18.2 Å². The van der Waals surface area contributed by atoms with E-state index in [0.717, 1.165) is 13.1 Å². The highest BCUT2D eigenvalue weighted by atomic mass is 19.1. The van der Waals surface area contributed by atoms with Gasteiger partial charge in [-0.05, 0) is 37.6 Å². The molecule has 0 bridgehead atoms. The summed E-state index contributed by atoms with van der Waals surface area (Å²) in [5.41, 5.74) is -0.116. The average Bonchev–Trinajstić information content (AvgIpc) is 2.22. The lowest BCUT2D eigenvalue weighted by Crippen LogP contribution is -2.43. The molecule has 0 amide bonds. The van der Waals surface area contributed by atoms with Crippen LogP contribution in [0.5, 0.6) is 0 Å². The molecule has 2 rings (SSSR count). The standard InChI is InChI=1S/C12H16FNO/c13-11-4-2-1-3-10(11)9-12(15)5-7-14-8-6-12/h1-4,14-15H,5-9H2. The number of halogens is 1. The maximum atomic E-state index is 13.4. The first-order valence-corrected chi connectivity index (χ1v) is 5.36. The van der Waals surface area contributed by atoms with Gasteiger partial charge in [0.1, 0.15) is 5.82 Å². The predicted molar refractivity (Wildman–Crippen MR) is 57.2 cm³/mol. The van der Waals surface area contributed by atoms with Crippen LogP contribution in [-0.2, 0) is 6.42 Å². The Balaban J connectivity index is 2.10. The molecule has 1 saturated heterocycles. The first kappa shape index (κ1) is 10.6. The summed E-state index contributed by atoms with van der Waals surface area (Å²) >= 11 is 0. The summed E-state index contributed by atoms with van der Waals surface area (Å²) in [5.74, 6) is -0.218. The Morgan fingerprint density at radius 1 is 1.27 bits per heavy atom. The van der Waals surface area contributed by atoms with Crippen molar-refractivity contribution in [3.63, 3.8) is 0 Å².